The van der Waals surface area contributed by atoms with Crippen molar-refractivity contribution in [3.8, 4) is 0 Å². The van der Waals surface area contributed by atoms with E-state index in [1.165, 1.54) is 22.2 Å². The van der Waals surface area contributed by atoms with Crippen molar-refractivity contribution in [3.05, 3.63) is 36.2 Å². The monoisotopic (exact) mass is 204 g/mol. The van der Waals surface area contributed by atoms with Crippen molar-refractivity contribution < 1.29 is 0 Å². The molecule has 2 N–H and O–H groups in total. The molecule has 0 aliphatic carbocycles. The number of hydrogen-bond acceptors (Lipinski definition) is 2. The van der Waals surface area contributed by atoms with Crippen LogP contribution in [-0.4, -0.2) is 17.3 Å². The Balaban J connectivity index is 2.11. The van der Waals surface area contributed by atoms with Crippen LogP contribution in [0.25, 0.3) is 10.8 Å². The standard InChI is InChI=1S/C11H12N2S/c1-2-4-9-8(3-1)7-13-10(9)11-12-5-6-14-11/h1-4,7,11-13H,5-6H2. The van der Waals surface area contributed by atoms with Crippen LogP contribution in [0.4, 0.5) is 0 Å². The molecule has 14 heavy (non-hydrogen) atoms. The number of hydrogen-bond donors (Lipinski definition) is 2. The van der Waals surface area contributed by atoms with Gasteiger partial charge in [0.2, 0.25) is 0 Å². The molecule has 0 amide bonds. The highest BCUT2D eigenvalue weighted by atomic mass is 32.2. The Hall–Kier alpha value is -0.930. The van der Waals surface area contributed by atoms with E-state index in [9.17, 15) is 0 Å². The van der Waals surface area contributed by atoms with Crippen LogP contribution in [0.1, 0.15) is 11.1 Å². The average molecular weight is 204 g/mol. The molecule has 2 heterocycles. The van der Waals surface area contributed by atoms with Crippen molar-refractivity contribution in [2.45, 2.75) is 5.37 Å². The van der Waals surface area contributed by atoms with Crippen molar-refractivity contribution in [1.82, 2.24) is 10.3 Å². The summed E-state index contributed by atoms with van der Waals surface area (Å²) in [6, 6.07) is 8.51. The number of aromatic nitrogens is 1. The Kier molecular flexibility index (Phi) is 2.00. The maximum absolute atomic E-state index is 3.48. The summed E-state index contributed by atoms with van der Waals surface area (Å²) in [5.74, 6) is 1.21. The topological polar surface area (TPSA) is 27.8 Å². The van der Waals surface area contributed by atoms with E-state index in [1.807, 2.05) is 11.8 Å². The lowest BCUT2D eigenvalue weighted by Crippen LogP contribution is -2.12. The summed E-state index contributed by atoms with van der Waals surface area (Å²) < 4.78 is 0. The van der Waals surface area contributed by atoms with Gasteiger partial charge < -0.3 is 4.98 Å². The molecule has 1 aliphatic rings. The number of nitrogens with one attached hydrogen (secondary N) is 2. The molecule has 1 fully saturated rings. The van der Waals surface area contributed by atoms with Gasteiger partial charge in [0.25, 0.3) is 0 Å². The number of rotatable bonds is 1. The van der Waals surface area contributed by atoms with E-state index < -0.39 is 0 Å². The van der Waals surface area contributed by atoms with Gasteiger partial charge in [0.1, 0.15) is 0 Å². The second-order valence-corrected chi connectivity index (χ2v) is 4.71. The lowest BCUT2D eigenvalue weighted by atomic mass is 10.2. The van der Waals surface area contributed by atoms with Crippen molar-refractivity contribution in [3.63, 3.8) is 0 Å². The molecule has 3 heteroatoms. The summed E-state index contributed by atoms with van der Waals surface area (Å²) in [5, 5.41) is 6.59. The van der Waals surface area contributed by atoms with Gasteiger partial charge in [0.05, 0.1) is 11.1 Å². The average Bonchev–Trinajstić information content (AvgIpc) is 2.85. The van der Waals surface area contributed by atoms with E-state index in [1.54, 1.807) is 0 Å². The van der Waals surface area contributed by atoms with Gasteiger partial charge in [-0.1, -0.05) is 24.3 Å². The maximum atomic E-state index is 3.48. The number of H-pyrrole nitrogens is 1. The Bertz CT molecular complexity index is 443. The lowest BCUT2D eigenvalue weighted by Gasteiger charge is -2.07. The molecule has 1 unspecified atom stereocenters. The number of fused-ring (bicyclic) bond motifs is 1. The molecule has 2 aromatic rings. The first-order valence-corrected chi connectivity index (χ1v) is 5.91. The van der Waals surface area contributed by atoms with Gasteiger partial charge in [-0.3, -0.25) is 5.32 Å². The first-order valence-electron chi connectivity index (χ1n) is 4.86. The molecule has 0 bridgehead atoms. The normalized spacial score (nSPS) is 21.9. The minimum atomic E-state index is 0.454. The second kappa shape index (κ2) is 3.33. The molecule has 1 atom stereocenters. The predicted octanol–water partition coefficient (Wildman–Crippen LogP) is 2.50. The second-order valence-electron chi connectivity index (χ2n) is 3.49. The third-order valence-electron chi connectivity index (χ3n) is 2.61. The molecular formula is C11H12N2S. The third kappa shape index (κ3) is 1.24. The smallest absolute Gasteiger partial charge is 0.0946 e. The van der Waals surface area contributed by atoms with Gasteiger partial charge in [0, 0.05) is 23.9 Å². The summed E-state index contributed by atoms with van der Waals surface area (Å²) >= 11 is 1.97. The van der Waals surface area contributed by atoms with Crippen molar-refractivity contribution in [2.75, 3.05) is 12.3 Å². The van der Waals surface area contributed by atoms with Crippen molar-refractivity contribution in [2.24, 2.45) is 0 Å². The molecule has 0 spiro atoms. The van der Waals surface area contributed by atoms with Gasteiger partial charge >= 0.3 is 0 Å². The largest absolute Gasteiger partial charge is 0.362 e. The molecular weight excluding hydrogens is 192 g/mol. The Labute approximate surface area is 87.1 Å². The minimum Gasteiger partial charge on any atom is -0.362 e. The molecule has 1 aromatic carbocycles. The van der Waals surface area contributed by atoms with E-state index in [4.69, 9.17) is 0 Å². The van der Waals surface area contributed by atoms with Gasteiger partial charge in [-0.05, 0) is 5.39 Å². The van der Waals surface area contributed by atoms with Gasteiger partial charge in [-0.15, -0.1) is 11.8 Å². The van der Waals surface area contributed by atoms with Crippen molar-refractivity contribution >= 4 is 22.5 Å². The van der Waals surface area contributed by atoms with E-state index in [0.29, 0.717) is 5.37 Å². The summed E-state index contributed by atoms with van der Waals surface area (Å²) in [4.78, 5) is 3.37. The first kappa shape index (κ1) is 8.38. The predicted molar refractivity (Wildman–Crippen MR) is 61.5 cm³/mol. The number of thioether (sulfide) groups is 1. The fourth-order valence-corrected chi connectivity index (χ4v) is 3.00. The quantitative estimate of drug-likeness (QED) is 0.747. The number of benzene rings is 1. The Morgan fingerprint density at radius 3 is 3.07 bits per heavy atom. The lowest BCUT2D eigenvalue weighted by molar-refractivity contribution is 0.740. The SMILES string of the molecule is c1ccc2c(C3NCCS3)[nH]cc2c1. The molecule has 72 valence electrons. The van der Waals surface area contributed by atoms with E-state index in [0.717, 1.165) is 6.54 Å². The highest BCUT2D eigenvalue weighted by molar-refractivity contribution is 7.99. The van der Waals surface area contributed by atoms with Crippen LogP contribution in [0.2, 0.25) is 0 Å². The highest BCUT2D eigenvalue weighted by Gasteiger charge is 2.19. The van der Waals surface area contributed by atoms with Crippen LogP contribution in [-0.2, 0) is 0 Å². The number of aromatic amines is 1. The maximum Gasteiger partial charge on any atom is 0.0946 e. The molecule has 3 rings (SSSR count). The fraction of sp³-hybridized carbons (Fsp3) is 0.273. The van der Waals surface area contributed by atoms with Crippen molar-refractivity contribution in [1.29, 1.82) is 0 Å². The summed E-state index contributed by atoms with van der Waals surface area (Å²) in [5.41, 5.74) is 1.32. The Morgan fingerprint density at radius 2 is 2.21 bits per heavy atom. The molecule has 0 radical (unpaired) electrons. The van der Waals surface area contributed by atoms with Crippen LogP contribution in [0.5, 0.6) is 0 Å². The minimum absolute atomic E-state index is 0.454. The highest BCUT2D eigenvalue weighted by Crippen LogP contribution is 2.33. The van der Waals surface area contributed by atoms with Gasteiger partial charge in [-0.25, -0.2) is 0 Å². The van der Waals surface area contributed by atoms with Gasteiger partial charge in [-0.2, -0.15) is 0 Å². The zero-order valence-electron chi connectivity index (χ0n) is 7.79. The summed E-state index contributed by atoms with van der Waals surface area (Å²) in [6.07, 6.45) is 2.09. The fourth-order valence-electron chi connectivity index (χ4n) is 1.93. The first-order chi connectivity index (χ1) is 6.95. The van der Waals surface area contributed by atoms with Crippen LogP contribution in [0, 0.1) is 0 Å². The molecule has 0 saturated carbocycles. The van der Waals surface area contributed by atoms with E-state index >= 15 is 0 Å². The van der Waals surface area contributed by atoms with E-state index in [2.05, 4.69) is 40.8 Å². The van der Waals surface area contributed by atoms with Crippen LogP contribution in [0.15, 0.2) is 30.5 Å². The zero-order chi connectivity index (χ0) is 9.38. The van der Waals surface area contributed by atoms with Crippen LogP contribution in [0.3, 0.4) is 0 Å². The zero-order valence-corrected chi connectivity index (χ0v) is 8.60. The Morgan fingerprint density at radius 1 is 1.29 bits per heavy atom. The van der Waals surface area contributed by atoms with Gasteiger partial charge in [0.15, 0.2) is 0 Å². The molecule has 1 aromatic heterocycles. The summed E-state index contributed by atoms with van der Waals surface area (Å²) in [7, 11) is 0. The molecule has 1 saturated heterocycles. The summed E-state index contributed by atoms with van der Waals surface area (Å²) in [6.45, 7) is 1.11. The molecule has 1 aliphatic heterocycles. The third-order valence-corrected chi connectivity index (χ3v) is 3.79. The van der Waals surface area contributed by atoms with Crippen LogP contribution >= 0.6 is 11.8 Å². The molecule has 2 nitrogen and oxygen atoms in total. The van der Waals surface area contributed by atoms with Crippen LogP contribution < -0.4 is 5.32 Å². The van der Waals surface area contributed by atoms with E-state index in [-0.39, 0.29) is 0 Å².